The molecule has 0 radical (unpaired) electrons. The van der Waals surface area contributed by atoms with E-state index in [1.54, 1.807) is 7.11 Å². The van der Waals surface area contributed by atoms with E-state index in [1.807, 2.05) is 0 Å². The number of piperidine rings is 1. The molecule has 1 unspecified atom stereocenters. The molecule has 0 saturated carbocycles. The van der Waals surface area contributed by atoms with Crippen LogP contribution in [0.2, 0.25) is 5.15 Å². The van der Waals surface area contributed by atoms with Crippen LogP contribution < -0.4 is 4.74 Å². The number of aromatic nitrogens is 2. The number of aryl methyl sites for hydroxylation is 2. The number of hydrogen-bond acceptors (Lipinski definition) is 3. The van der Waals surface area contributed by atoms with Gasteiger partial charge in [-0.1, -0.05) is 61.7 Å². The van der Waals surface area contributed by atoms with Gasteiger partial charge in [-0.05, 0) is 68.5 Å². The van der Waals surface area contributed by atoms with Crippen LogP contribution in [0, 0.1) is 13.8 Å². The van der Waals surface area contributed by atoms with Crippen molar-refractivity contribution in [1.29, 1.82) is 0 Å². The molecule has 4 nitrogen and oxygen atoms in total. The van der Waals surface area contributed by atoms with Gasteiger partial charge in [0.05, 0.1) is 12.8 Å². The first-order valence-corrected chi connectivity index (χ1v) is 12.6. The summed E-state index contributed by atoms with van der Waals surface area (Å²) in [6.45, 7) is 9.40. The van der Waals surface area contributed by atoms with Gasteiger partial charge in [-0.2, -0.15) is 0 Å². The molecule has 1 fully saturated rings. The number of imidazole rings is 1. The van der Waals surface area contributed by atoms with Crippen molar-refractivity contribution in [3.05, 3.63) is 70.0 Å². The van der Waals surface area contributed by atoms with Crippen LogP contribution in [0.4, 0.5) is 0 Å². The molecule has 5 heteroatoms. The van der Waals surface area contributed by atoms with Gasteiger partial charge in [0.25, 0.3) is 0 Å². The summed E-state index contributed by atoms with van der Waals surface area (Å²) in [5.41, 5.74) is 6.20. The fourth-order valence-corrected chi connectivity index (χ4v) is 5.34. The molecule has 0 spiro atoms. The molecular formula is C28H36ClN3O. The molecule has 2 aromatic carbocycles. The van der Waals surface area contributed by atoms with Crippen molar-refractivity contribution < 1.29 is 4.74 Å². The van der Waals surface area contributed by atoms with Crippen molar-refractivity contribution in [3.8, 4) is 17.1 Å². The summed E-state index contributed by atoms with van der Waals surface area (Å²) < 4.78 is 7.76. The van der Waals surface area contributed by atoms with Gasteiger partial charge in [0.1, 0.15) is 11.6 Å². The summed E-state index contributed by atoms with van der Waals surface area (Å²) in [6.07, 6.45) is 5.89. The molecule has 1 aliphatic rings. The predicted octanol–water partition coefficient (Wildman–Crippen LogP) is 7.36. The van der Waals surface area contributed by atoms with Gasteiger partial charge >= 0.3 is 0 Å². The molecule has 176 valence electrons. The van der Waals surface area contributed by atoms with Crippen molar-refractivity contribution >= 4 is 11.6 Å². The summed E-state index contributed by atoms with van der Waals surface area (Å²) in [6, 6.07) is 15.4. The third-order valence-electron chi connectivity index (χ3n) is 6.93. The maximum Gasteiger partial charge on any atom is 0.152 e. The molecule has 0 N–H and O–H groups in total. The second kappa shape index (κ2) is 10.8. The fourth-order valence-electron chi connectivity index (χ4n) is 5.10. The van der Waals surface area contributed by atoms with Crippen LogP contribution in [-0.2, 0) is 13.1 Å². The maximum atomic E-state index is 6.86. The lowest BCUT2D eigenvalue weighted by atomic mass is 9.95. The van der Waals surface area contributed by atoms with Gasteiger partial charge in [-0.3, -0.25) is 4.90 Å². The molecule has 1 aromatic heterocycles. The van der Waals surface area contributed by atoms with Crippen LogP contribution >= 0.6 is 11.6 Å². The minimum atomic E-state index is 0.388. The lowest BCUT2D eigenvalue weighted by molar-refractivity contribution is 0.137. The SMILES string of the molecule is CCCCn1c(-c2c(C)cccc2C)nc(Cl)c1CN1CCCCC1c1ccc(OC)cc1. The number of unbranched alkanes of at least 4 members (excludes halogenated alkanes) is 1. The Morgan fingerprint density at radius 3 is 2.45 bits per heavy atom. The van der Waals surface area contributed by atoms with Crippen LogP contribution in [0.5, 0.6) is 5.75 Å². The summed E-state index contributed by atoms with van der Waals surface area (Å²) in [5, 5.41) is 0.641. The monoisotopic (exact) mass is 465 g/mol. The van der Waals surface area contributed by atoms with Gasteiger partial charge in [0.15, 0.2) is 5.15 Å². The summed E-state index contributed by atoms with van der Waals surface area (Å²) in [4.78, 5) is 7.51. The van der Waals surface area contributed by atoms with Crippen LogP contribution in [0.15, 0.2) is 42.5 Å². The summed E-state index contributed by atoms with van der Waals surface area (Å²) in [7, 11) is 1.72. The van der Waals surface area contributed by atoms with Gasteiger partial charge in [-0.15, -0.1) is 0 Å². The highest BCUT2D eigenvalue weighted by molar-refractivity contribution is 6.30. The van der Waals surface area contributed by atoms with E-state index in [1.165, 1.54) is 35.1 Å². The van der Waals surface area contributed by atoms with E-state index < -0.39 is 0 Å². The Balaban J connectivity index is 1.70. The number of rotatable bonds is 8. The Bertz CT molecular complexity index is 1050. The van der Waals surface area contributed by atoms with E-state index in [0.29, 0.717) is 11.2 Å². The molecule has 4 rings (SSSR count). The molecule has 2 heterocycles. The molecule has 3 aromatic rings. The van der Waals surface area contributed by atoms with Crippen molar-refractivity contribution in [1.82, 2.24) is 14.5 Å². The standard InChI is InChI=1S/C28H36ClN3O/c1-5-6-18-32-25(27(29)30-28(32)26-20(2)10-9-11-21(26)3)19-31-17-8-7-12-24(31)22-13-15-23(33-4)16-14-22/h9-11,13-16,24H,5-8,12,17-19H2,1-4H3. The number of nitrogens with zero attached hydrogens (tertiary/aromatic N) is 3. The lowest BCUT2D eigenvalue weighted by Crippen LogP contribution is -2.33. The molecule has 0 aliphatic carbocycles. The van der Waals surface area contributed by atoms with E-state index in [4.69, 9.17) is 21.3 Å². The number of likely N-dealkylation sites (tertiary alicyclic amines) is 1. The average Bonchev–Trinajstić information content (AvgIpc) is 3.12. The molecule has 0 amide bonds. The van der Waals surface area contributed by atoms with Gasteiger partial charge < -0.3 is 9.30 Å². The second-order valence-electron chi connectivity index (χ2n) is 9.20. The number of benzene rings is 2. The van der Waals surface area contributed by atoms with E-state index >= 15 is 0 Å². The zero-order valence-electron chi connectivity index (χ0n) is 20.4. The minimum absolute atomic E-state index is 0.388. The van der Waals surface area contributed by atoms with Crippen molar-refractivity contribution in [2.45, 2.75) is 72.0 Å². The number of methoxy groups -OCH3 is 1. The fraction of sp³-hybridized carbons (Fsp3) is 0.464. The zero-order valence-corrected chi connectivity index (χ0v) is 21.2. The van der Waals surface area contributed by atoms with Crippen molar-refractivity contribution in [2.75, 3.05) is 13.7 Å². The molecular weight excluding hydrogens is 430 g/mol. The lowest BCUT2D eigenvalue weighted by Gasteiger charge is -2.36. The third-order valence-corrected chi connectivity index (χ3v) is 7.23. The Hall–Kier alpha value is -2.30. The third kappa shape index (κ3) is 5.12. The molecule has 1 atom stereocenters. The van der Waals surface area contributed by atoms with E-state index in [0.717, 1.165) is 56.2 Å². The van der Waals surface area contributed by atoms with Crippen LogP contribution in [0.25, 0.3) is 11.4 Å². The summed E-state index contributed by atoms with van der Waals surface area (Å²) >= 11 is 6.86. The van der Waals surface area contributed by atoms with Gasteiger partial charge in [0.2, 0.25) is 0 Å². The smallest absolute Gasteiger partial charge is 0.152 e. The first kappa shape index (κ1) is 23.8. The quantitative estimate of drug-likeness (QED) is 0.348. The van der Waals surface area contributed by atoms with Crippen LogP contribution in [-0.4, -0.2) is 28.1 Å². The Labute approximate surface area is 203 Å². The van der Waals surface area contributed by atoms with E-state index in [-0.39, 0.29) is 0 Å². The molecule has 1 aliphatic heterocycles. The van der Waals surface area contributed by atoms with Crippen molar-refractivity contribution in [3.63, 3.8) is 0 Å². The highest BCUT2D eigenvalue weighted by atomic mass is 35.5. The van der Waals surface area contributed by atoms with Crippen molar-refractivity contribution in [2.24, 2.45) is 0 Å². The van der Waals surface area contributed by atoms with Crippen LogP contribution in [0.3, 0.4) is 0 Å². The summed E-state index contributed by atoms with van der Waals surface area (Å²) in [5.74, 6) is 1.91. The normalized spacial score (nSPS) is 16.8. The maximum absolute atomic E-state index is 6.86. The minimum Gasteiger partial charge on any atom is -0.497 e. The number of ether oxygens (including phenoxy) is 1. The molecule has 33 heavy (non-hydrogen) atoms. The Morgan fingerprint density at radius 2 is 1.79 bits per heavy atom. The highest BCUT2D eigenvalue weighted by Crippen LogP contribution is 2.36. The topological polar surface area (TPSA) is 30.3 Å². The van der Waals surface area contributed by atoms with E-state index in [2.05, 4.69) is 72.7 Å². The van der Waals surface area contributed by atoms with Gasteiger partial charge in [-0.25, -0.2) is 4.98 Å². The zero-order chi connectivity index (χ0) is 23.4. The Morgan fingerprint density at radius 1 is 1.06 bits per heavy atom. The predicted molar refractivity (Wildman–Crippen MR) is 137 cm³/mol. The molecule has 0 bridgehead atoms. The van der Waals surface area contributed by atoms with Gasteiger partial charge in [0, 0.05) is 24.7 Å². The average molecular weight is 466 g/mol. The van der Waals surface area contributed by atoms with Crippen LogP contribution in [0.1, 0.15) is 67.5 Å². The molecule has 1 saturated heterocycles. The van der Waals surface area contributed by atoms with E-state index in [9.17, 15) is 0 Å². The second-order valence-corrected chi connectivity index (χ2v) is 9.56. The first-order chi connectivity index (χ1) is 16.0. The largest absolute Gasteiger partial charge is 0.497 e. The highest BCUT2D eigenvalue weighted by Gasteiger charge is 2.28. The number of halogens is 1. The first-order valence-electron chi connectivity index (χ1n) is 12.2. The Kier molecular flexibility index (Phi) is 7.77. The number of hydrogen-bond donors (Lipinski definition) is 0.